The molecule has 0 saturated heterocycles. The van der Waals surface area contributed by atoms with Crippen molar-refractivity contribution < 1.29 is 4.79 Å². The lowest BCUT2D eigenvalue weighted by Gasteiger charge is -2.33. The lowest BCUT2D eigenvalue weighted by atomic mass is 9.86. The standard InChI is InChI=1S/C14H20N2O/c1-10(17)16-9-5-6-11-12(14(2,3)15)7-4-8-13(11)16/h4,7-8H,5-6,9,15H2,1-3H3. The Morgan fingerprint density at radius 2 is 2.12 bits per heavy atom. The van der Waals surface area contributed by atoms with E-state index in [-0.39, 0.29) is 11.4 Å². The second kappa shape index (κ2) is 4.15. The van der Waals surface area contributed by atoms with E-state index < -0.39 is 0 Å². The number of benzene rings is 1. The van der Waals surface area contributed by atoms with Crippen LogP contribution in [-0.4, -0.2) is 12.5 Å². The van der Waals surface area contributed by atoms with Gasteiger partial charge in [-0.25, -0.2) is 0 Å². The molecule has 1 aliphatic heterocycles. The van der Waals surface area contributed by atoms with Gasteiger partial charge < -0.3 is 10.6 Å². The van der Waals surface area contributed by atoms with E-state index in [2.05, 4.69) is 6.07 Å². The molecule has 0 atom stereocenters. The second-order valence-corrected chi connectivity index (χ2v) is 5.30. The van der Waals surface area contributed by atoms with E-state index >= 15 is 0 Å². The molecule has 0 unspecified atom stereocenters. The highest BCUT2D eigenvalue weighted by Crippen LogP contribution is 2.33. The van der Waals surface area contributed by atoms with Gasteiger partial charge in [0.15, 0.2) is 0 Å². The Labute approximate surface area is 103 Å². The van der Waals surface area contributed by atoms with Gasteiger partial charge in [0.1, 0.15) is 0 Å². The van der Waals surface area contributed by atoms with Crippen molar-refractivity contribution in [1.29, 1.82) is 0 Å². The molecule has 1 heterocycles. The number of nitrogens with two attached hydrogens (primary N) is 1. The third-order valence-electron chi connectivity index (χ3n) is 3.32. The van der Waals surface area contributed by atoms with E-state index in [1.165, 1.54) is 5.56 Å². The smallest absolute Gasteiger partial charge is 0.223 e. The average Bonchev–Trinajstić information content (AvgIpc) is 2.26. The minimum atomic E-state index is -0.356. The maximum atomic E-state index is 11.6. The lowest BCUT2D eigenvalue weighted by Crippen LogP contribution is -2.36. The molecule has 0 aromatic heterocycles. The van der Waals surface area contributed by atoms with Gasteiger partial charge in [0.05, 0.1) is 0 Å². The monoisotopic (exact) mass is 232 g/mol. The average molecular weight is 232 g/mol. The number of fused-ring (bicyclic) bond motifs is 1. The maximum absolute atomic E-state index is 11.6. The highest BCUT2D eigenvalue weighted by molar-refractivity contribution is 5.93. The van der Waals surface area contributed by atoms with Crippen LogP contribution in [0.15, 0.2) is 18.2 Å². The summed E-state index contributed by atoms with van der Waals surface area (Å²) in [4.78, 5) is 13.5. The van der Waals surface area contributed by atoms with Crippen LogP contribution in [0.25, 0.3) is 0 Å². The summed E-state index contributed by atoms with van der Waals surface area (Å²) < 4.78 is 0. The third-order valence-corrected chi connectivity index (χ3v) is 3.32. The van der Waals surface area contributed by atoms with Crippen molar-refractivity contribution >= 4 is 11.6 Å². The highest BCUT2D eigenvalue weighted by atomic mass is 16.2. The molecule has 92 valence electrons. The number of hydrogen-bond donors (Lipinski definition) is 1. The van der Waals surface area contributed by atoms with E-state index in [0.717, 1.165) is 30.6 Å². The number of carbonyl (C=O) groups is 1. The summed E-state index contributed by atoms with van der Waals surface area (Å²) in [5.41, 5.74) is 9.28. The maximum Gasteiger partial charge on any atom is 0.223 e. The SMILES string of the molecule is CC(=O)N1CCCc2c1cccc2C(C)(C)N. The minimum Gasteiger partial charge on any atom is -0.322 e. The summed E-state index contributed by atoms with van der Waals surface area (Å²) in [5.74, 6) is 0.109. The molecule has 2 rings (SSSR count). The lowest BCUT2D eigenvalue weighted by molar-refractivity contribution is -0.116. The van der Waals surface area contributed by atoms with Gasteiger partial charge in [-0.15, -0.1) is 0 Å². The van der Waals surface area contributed by atoms with Crippen molar-refractivity contribution in [3.8, 4) is 0 Å². The van der Waals surface area contributed by atoms with Gasteiger partial charge in [0, 0.05) is 24.7 Å². The molecule has 0 bridgehead atoms. The summed E-state index contributed by atoms with van der Waals surface area (Å²) in [6.07, 6.45) is 2.02. The van der Waals surface area contributed by atoms with Crippen LogP contribution < -0.4 is 10.6 Å². The molecule has 1 aliphatic rings. The van der Waals surface area contributed by atoms with Crippen LogP contribution >= 0.6 is 0 Å². The fourth-order valence-corrected chi connectivity index (χ4v) is 2.56. The molecule has 0 fully saturated rings. The molecule has 17 heavy (non-hydrogen) atoms. The van der Waals surface area contributed by atoms with E-state index in [4.69, 9.17) is 5.73 Å². The topological polar surface area (TPSA) is 46.3 Å². The Morgan fingerprint density at radius 1 is 1.41 bits per heavy atom. The van der Waals surface area contributed by atoms with Crippen LogP contribution in [0.2, 0.25) is 0 Å². The van der Waals surface area contributed by atoms with Crippen LogP contribution in [0.3, 0.4) is 0 Å². The third kappa shape index (κ3) is 2.20. The number of amides is 1. The van der Waals surface area contributed by atoms with Crippen LogP contribution in [0.1, 0.15) is 38.3 Å². The van der Waals surface area contributed by atoms with Gasteiger partial charge in [-0.3, -0.25) is 4.79 Å². The summed E-state index contributed by atoms with van der Waals surface area (Å²) in [5, 5.41) is 0. The Hall–Kier alpha value is -1.35. The summed E-state index contributed by atoms with van der Waals surface area (Å²) in [6.45, 7) is 6.46. The summed E-state index contributed by atoms with van der Waals surface area (Å²) >= 11 is 0. The predicted molar refractivity (Wildman–Crippen MR) is 70.0 cm³/mol. The van der Waals surface area contributed by atoms with Gasteiger partial charge in [-0.1, -0.05) is 12.1 Å². The first kappa shape index (κ1) is 12.1. The van der Waals surface area contributed by atoms with Gasteiger partial charge in [-0.2, -0.15) is 0 Å². The summed E-state index contributed by atoms with van der Waals surface area (Å²) in [6, 6.07) is 6.08. The Balaban J connectivity index is 2.55. The van der Waals surface area contributed by atoms with Crippen molar-refractivity contribution in [3.63, 3.8) is 0 Å². The van der Waals surface area contributed by atoms with Crippen molar-refractivity contribution in [2.24, 2.45) is 5.73 Å². The van der Waals surface area contributed by atoms with Gasteiger partial charge in [0.2, 0.25) is 5.91 Å². The molecular weight excluding hydrogens is 212 g/mol. The fraction of sp³-hybridized carbons (Fsp3) is 0.500. The second-order valence-electron chi connectivity index (χ2n) is 5.30. The summed E-state index contributed by atoms with van der Waals surface area (Å²) in [7, 11) is 0. The highest BCUT2D eigenvalue weighted by Gasteiger charge is 2.26. The van der Waals surface area contributed by atoms with Crippen LogP contribution in [-0.2, 0) is 16.8 Å². The van der Waals surface area contributed by atoms with E-state index in [1.807, 2.05) is 30.9 Å². The fourth-order valence-electron chi connectivity index (χ4n) is 2.56. The largest absolute Gasteiger partial charge is 0.322 e. The molecule has 0 spiro atoms. The number of rotatable bonds is 1. The zero-order chi connectivity index (χ0) is 12.6. The molecule has 1 aromatic rings. The molecule has 0 saturated carbocycles. The molecule has 1 amide bonds. The molecule has 0 aliphatic carbocycles. The molecule has 1 aromatic carbocycles. The normalized spacial score (nSPS) is 15.6. The molecule has 2 N–H and O–H groups in total. The van der Waals surface area contributed by atoms with Crippen LogP contribution in [0.4, 0.5) is 5.69 Å². The van der Waals surface area contributed by atoms with Gasteiger partial charge >= 0.3 is 0 Å². The van der Waals surface area contributed by atoms with Crippen molar-refractivity contribution in [1.82, 2.24) is 0 Å². The van der Waals surface area contributed by atoms with E-state index in [1.54, 1.807) is 6.92 Å². The Kier molecular flexibility index (Phi) is 2.96. The molecule has 3 heteroatoms. The van der Waals surface area contributed by atoms with Gasteiger partial charge in [0.25, 0.3) is 0 Å². The number of anilines is 1. The first-order valence-corrected chi connectivity index (χ1v) is 6.10. The molecule has 0 radical (unpaired) electrons. The number of carbonyl (C=O) groups excluding carboxylic acids is 1. The van der Waals surface area contributed by atoms with Crippen molar-refractivity contribution in [2.75, 3.05) is 11.4 Å². The van der Waals surface area contributed by atoms with Crippen molar-refractivity contribution in [2.45, 2.75) is 39.2 Å². The predicted octanol–water partition coefficient (Wildman–Crippen LogP) is 2.18. The zero-order valence-corrected chi connectivity index (χ0v) is 10.8. The van der Waals surface area contributed by atoms with Crippen molar-refractivity contribution in [3.05, 3.63) is 29.3 Å². The first-order chi connectivity index (χ1) is 7.91. The quantitative estimate of drug-likeness (QED) is 0.806. The van der Waals surface area contributed by atoms with Crippen LogP contribution in [0, 0.1) is 0 Å². The Bertz CT molecular complexity index is 446. The number of hydrogen-bond acceptors (Lipinski definition) is 2. The minimum absolute atomic E-state index is 0.109. The molecule has 3 nitrogen and oxygen atoms in total. The van der Waals surface area contributed by atoms with Gasteiger partial charge in [-0.05, 0) is 43.9 Å². The van der Waals surface area contributed by atoms with E-state index in [9.17, 15) is 4.79 Å². The Morgan fingerprint density at radius 3 is 2.71 bits per heavy atom. The zero-order valence-electron chi connectivity index (χ0n) is 10.8. The first-order valence-electron chi connectivity index (χ1n) is 6.10. The van der Waals surface area contributed by atoms with E-state index in [0.29, 0.717) is 0 Å². The molecular formula is C14H20N2O. The number of nitrogens with zero attached hydrogens (tertiary/aromatic N) is 1. The van der Waals surface area contributed by atoms with Crippen LogP contribution in [0.5, 0.6) is 0 Å².